The Morgan fingerprint density at radius 2 is 2.06 bits per heavy atom. The van der Waals surface area contributed by atoms with Gasteiger partial charge in [0.25, 0.3) is 0 Å². The molecule has 1 aliphatic rings. The molecule has 3 rings (SSSR count). The molecule has 0 amide bonds. The van der Waals surface area contributed by atoms with Crippen molar-refractivity contribution in [2.75, 3.05) is 11.5 Å². The van der Waals surface area contributed by atoms with Gasteiger partial charge in [-0.15, -0.1) is 11.8 Å². The molecule has 3 heteroatoms. The topological polar surface area (TPSA) is 26.0 Å². The number of hydrogen-bond donors (Lipinski definition) is 1. The van der Waals surface area contributed by atoms with Gasteiger partial charge in [-0.1, -0.05) is 24.3 Å². The van der Waals surface area contributed by atoms with Crippen LogP contribution < -0.4 is 5.73 Å². The molecular formula is C15H14FNS. The number of halogens is 1. The molecule has 0 radical (unpaired) electrons. The van der Waals surface area contributed by atoms with E-state index < -0.39 is 0 Å². The van der Waals surface area contributed by atoms with Crippen molar-refractivity contribution in [3.05, 3.63) is 59.4 Å². The zero-order valence-electron chi connectivity index (χ0n) is 9.90. The van der Waals surface area contributed by atoms with E-state index in [0.29, 0.717) is 11.6 Å². The van der Waals surface area contributed by atoms with Crippen LogP contribution in [0.4, 0.5) is 10.1 Å². The largest absolute Gasteiger partial charge is 0.398 e. The highest BCUT2D eigenvalue weighted by Gasteiger charge is 2.25. The van der Waals surface area contributed by atoms with Crippen LogP contribution in [0.15, 0.2) is 47.4 Å². The fourth-order valence-corrected chi connectivity index (χ4v) is 3.44. The van der Waals surface area contributed by atoms with Crippen molar-refractivity contribution in [1.82, 2.24) is 0 Å². The molecule has 2 N–H and O–H groups in total. The molecule has 0 saturated heterocycles. The highest BCUT2D eigenvalue weighted by Crippen LogP contribution is 2.39. The van der Waals surface area contributed by atoms with E-state index in [0.717, 1.165) is 17.1 Å². The second-order valence-electron chi connectivity index (χ2n) is 4.59. The van der Waals surface area contributed by atoms with E-state index in [2.05, 4.69) is 24.3 Å². The Kier molecular flexibility index (Phi) is 3.00. The smallest absolute Gasteiger partial charge is 0.124 e. The van der Waals surface area contributed by atoms with Crippen molar-refractivity contribution >= 4 is 17.4 Å². The molecule has 2 aromatic carbocycles. The zero-order valence-corrected chi connectivity index (χ0v) is 10.7. The van der Waals surface area contributed by atoms with Crippen LogP contribution in [-0.4, -0.2) is 5.75 Å². The maximum atomic E-state index is 13.1. The lowest BCUT2D eigenvalue weighted by Crippen LogP contribution is -2.18. The van der Waals surface area contributed by atoms with Crippen LogP contribution in [-0.2, 0) is 6.42 Å². The summed E-state index contributed by atoms with van der Waals surface area (Å²) in [4.78, 5) is 0.847. The highest BCUT2D eigenvalue weighted by molar-refractivity contribution is 7.99. The summed E-state index contributed by atoms with van der Waals surface area (Å²) < 4.78 is 13.1. The van der Waals surface area contributed by atoms with Crippen molar-refractivity contribution in [2.45, 2.75) is 17.2 Å². The van der Waals surface area contributed by atoms with Gasteiger partial charge in [0.15, 0.2) is 0 Å². The van der Waals surface area contributed by atoms with Gasteiger partial charge >= 0.3 is 0 Å². The molecule has 0 fully saturated rings. The summed E-state index contributed by atoms with van der Waals surface area (Å²) in [6.07, 6.45) is 1.12. The molecular weight excluding hydrogens is 245 g/mol. The van der Waals surface area contributed by atoms with E-state index in [1.807, 2.05) is 0 Å². The second-order valence-corrected chi connectivity index (χ2v) is 5.65. The Labute approximate surface area is 110 Å². The van der Waals surface area contributed by atoms with E-state index in [4.69, 9.17) is 5.73 Å². The minimum Gasteiger partial charge on any atom is -0.398 e. The van der Waals surface area contributed by atoms with Crippen LogP contribution in [0.3, 0.4) is 0 Å². The molecule has 18 heavy (non-hydrogen) atoms. The molecule has 2 aromatic rings. The lowest BCUT2D eigenvalue weighted by atomic mass is 9.79. The summed E-state index contributed by atoms with van der Waals surface area (Å²) in [5.74, 6) is 1.32. The van der Waals surface area contributed by atoms with E-state index in [1.54, 1.807) is 17.8 Å². The summed E-state index contributed by atoms with van der Waals surface area (Å²) in [7, 11) is 0. The van der Waals surface area contributed by atoms with Gasteiger partial charge < -0.3 is 5.73 Å². The van der Waals surface area contributed by atoms with Crippen LogP contribution in [0.25, 0.3) is 0 Å². The predicted octanol–water partition coefficient (Wildman–Crippen LogP) is 3.84. The number of hydrogen-bond acceptors (Lipinski definition) is 2. The van der Waals surface area contributed by atoms with Crippen LogP contribution in [0, 0.1) is 5.82 Å². The quantitative estimate of drug-likeness (QED) is 0.669. The first-order chi connectivity index (χ1) is 8.74. The number of anilines is 1. The van der Waals surface area contributed by atoms with Gasteiger partial charge in [0, 0.05) is 16.3 Å². The van der Waals surface area contributed by atoms with Gasteiger partial charge in [-0.25, -0.2) is 4.39 Å². The first-order valence-corrected chi connectivity index (χ1v) is 6.98. The minimum atomic E-state index is -0.222. The average molecular weight is 259 g/mol. The molecule has 0 aliphatic heterocycles. The lowest BCUT2D eigenvalue weighted by molar-refractivity contribution is 0.624. The van der Waals surface area contributed by atoms with Gasteiger partial charge in [0.2, 0.25) is 0 Å². The maximum Gasteiger partial charge on any atom is 0.124 e. The Bertz CT molecular complexity index is 582. The number of rotatable bonds is 3. The molecule has 1 aliphatic carbocycles. The summed E-state index contributed by atoms with van der Waals surface area (Å²) in [5.41, 5.74) is 9.37. The summed E-state index contributed by atoms with van der Waals surface area (Å²) in [6, 6.07) is 13.1. The standard InChI is InChI=1S/C15H14FNS/c16-12-5-6-14(17)15(8-12)18-9-11-7-10-3-1-2-4-13(10)11/h1-6,8,11H,7,9,17H2. The monoisotopic (exact) mass is 259 g/mol. The van der Waals surface area contributed by atoms with Crippen molar-refractivity contribution in [1.29, 1.82) is 0 Å². The number of nitrogens with two attached hydrogens (primary N) is 1. The Balaban J connectivity index is 1.68. The average Bonchev–Trinajstić information content (AvgIpc) is 2.34. The first-order valence-electron chi connectivity index (χ1n) is 5.99. The third-order valence-corrected chi connectivity index (χ3v) is 4.61. The fourth-order valence-electron chi connectivity index (χ4n) is 2.33. The molecule has 0 bridgehead atoms. The van der Waals surface area contributed by atoms with Crippen molar-refractivity contribution in [3.63, 3.8) is 0 Å². The van der Waals surface area contributed by atoms with Gasteiger partial charge in [0.05, 0.1) is 0 Å². The normalized spacial score (nSPS) is 17.1. The van der Waals surface area contributed by atoms with Crippen LogP contribution in [0.2, 0.25) is 0 Å². The molecule has 0 heterocycles. The Hall–Kier alpha value is -1.48. The predicted molar refractivity (Wildman–Crippen MR) is 74.4 cm³/mol. The maximum absolute atomic E-state index is 13.1. The first kappa shape index (κ1) is 11.6. The Morgan fingerprint density at radius 1 is 1.22 bits per heavy atom. The number of fused-ring (bicyclic) bond motifs is 1. The molecule has 0 saturated carbocycles. The zero-order chi connectivity index (χ0) is 12.5. The van der Waals surface area contributed by atoms with E-state index in [9.17, 15) is 4.39 Å². The number of benzene rings is 2. The molecule has 0 spiro atoms. The van der Waals surface area contributed by atoms with Crippen LogP contribution in [0.1, 0.15) is 17.0 Å². The summed E-state index contributed by atoms with van der Waals surface area (Å²) >= 11 is 1.64. The third kappa shape index (κ3) is 2.10. The van der Waals surface area contributed by atoms with Gasteiger partial charge in [-0.3, -0.25) is 0 Å². The summed E-state index contributed by atoms with van der Waals surface area (Å²) in [6.45, 7) is 0. The third-order valence-electron chi connectivity index (χ3n) is 3.38. The number of nitrogen functional groups attached to an aromatic ring is 1. The van der Waals surface area contributed by atoms with Gasteiger partial charge in [0.1, 0.15) is 5.82 Å². The van der Waals surface area contributed by atoms with Crippen molar-refractivity contribution in [3.8, 4) is 0 Å². The Morgan fingerprint density at radius 3 is 2.89 bits per heavy atom. The highest BCUT2D eigenvalue weighted by atomic mass is 32.2. The van der Waals surface area contributed by atoms with E-state index >= 15 is 0 Å². The molecule has 1 atom stereocenters. The number of thioether (sulfide) groups is 1. The van der Waals surface area contributed by atoms with E-state index in [1.165, 1.54) is 23.3 Å². The SMILES string of the molecule is Nc1ccc(F)cc1SCC1Cc2ccccc21. The summed E-state index contributed by atoms with van der Waals surface area (Å²) in [5, 5.41) is 0. The van der Waals surface area contributed by atoms with Crippen molar-refractivity contribution in [2.24, 2.45) is 0 Å². The van der Waals surface area contributed by atoms with Crippen LogP contribution >= 0.6 is 11.8 Å². The second kappa shape index (κ2) is 4.65. The molecule has 1 nitrogen and oxygen atoms in total. The van der Waals surface area contributed by atoms with E-state index in [-0.39, 0.29) is 5.82 Å². The fraction of sp³-hybridized carbons (Fsp3) is 0.200. The van der Waals surface area contributed by atoms with Gasteiger partial charge in [-0.05, 0) is 41.7 Å². The lowest BCUT2D eigenvalue weighted by Gasteiger charge is -2.29. The molecule has 92 valence electrons. The van der Waals surface area contributed by atoms with Gasteiger partial charge in [-0.2, -0.15) is 0 Å². The van der Waals surface area contributed by atoms with Crippen LogP contribution in [0.5, 0.6) is 0 Å². The van der Waals surface area contributed by atoms with Crippen molar-refractivity contribution < 1.29 is 4.39 Å². The minimum absolute atomic E-state index is 0.222. The molecule has 0 aromatic heterocycles. The molecule has 1 unspecified atom stereocenters.